The number of nitrogens with one attached hydrogen (secondary N) is 1. The van der Waals surface area contributed by atoms with Gasteiger partial charge in [-0.3, -0.25) is 14.2 Å². The molecule has 172 valence electrons. The number of esters is 1. The van der Waals surface area contributed by atoms with Crippen molar-refractivity contribution < 1.29 is 14.3 Å². The number of rotatable bonds is 6. The van der Waals surface area contributed by atoms with Crippen molar-refractivity contribution in [1.82, 2.24) is 14.5 Å². The Balaban J connectivity index is 1.78. The molecule has 4 rings (SSSR count). The Morgan fingerprint density at radius 2 is 1.91 bits per heavy atom. The molecular weight excluding hydrogens is 420 g/mol. The zero-order valence-electron chi connectivity index (χ0n) is 19.5. The molecule has 8 nitrogen and oxygen atoms in total. The number of benzene rings is 1. The van der Waals surface area contributed by atoms with E-state index in [0.717, 1.165) is 11.1 Å². The van der Waals surface area contributed by atoms with E-state index in [0.29, 0.717) is 47.3 Å². The number of ether oxygens (including phenoxy) is 2. The van der Waals surface area contributed by atoms with Crippen LogP contribution in [0, 0.1) is 13.8 Å². The molecule has 0 spiro atoms. The lowest BCUT2D eigenvalue weighted by Gasteiger charge is -2.25. The SMILES string of the molecule is CCn1c(N[C@@H]2c3ccccc3C[C@@H]2OC(C)=O)c(C)nc(-c2ccc(OC)nc2C)c1=O. The number of nitrogens with zero attached hydrogens (tertiary/aromatic N) is 3. The molecule has 0 fully saturated rings. The van der Waals surface area contributed by atoms with Crippen LogP contribution in [0.4, 0.5) is 5.82 Å². The average Bonchev–Trinajstić information content (AvgIpc) is 3.12. The summed E-state index contributed by atoms with van der Waals surface area (Å²) < 4.78 is 12.5. The van der Waals surface area contributed by atoms with Crippen molar-refractivity contribution in [3.8, 4) is 17.1 Å². The fourth-order valence-corrected chi connectivity index (χ4v) is 4.45. The number of hydrogen-bond acceptors (Lipinski definition) is 7. The molecule has 1 aliphatic carbocycles. The zero-order valence-corrected chi connectivity index (χ0v) is 19.5. The number of hydrogen-bond donors (Lipinski definition) is 1. The van der Waals surface area contributed by atoms with Crippen molar-refractivity contribution >= 4 is 11.8 Å². The predicted molar refractivity (Wildman–Crippen MR) is 125 cm³/mol. The minimum Gasteiger partial charge on any atom is -0.481 e. The van der Waals surface area contributed by atoms with Gasteiger partial charge in [-0.15, -0.1) is 0 Å². The van der Waals surface area contributed by atoms with Gasteiger partial charge in [0.05, 0.1) is 24.5 Å². The Hall–Kier alpha value is -3.68. The van der Waals surface area contributed by atoms with E-state index < -0.39 is 0 Å². The van der Waals surface area contributed by atoms with Gasteiger partial charge in [0, 0.05) is 31.5 Å². The molecule has 1 N–H and O–H groups in total. The molecule has 0 saturated carbocycles. The minimum atomic E-state index is -0.368. The zero-order chi connectivity index (χ0) is 23.7. The third-order valence-corrected chi connectivity index (χ3v) is 5.97. The van der Waals surface area contributed by atoms with Crippen LogP contribution in [-0.4, -0.2) is 33.7 Å². The lowest BCUT2D eigenvalue weighted by molar-refractivity contribution is -0.146. The van der Waals surface area contributed by atoms with Crippen LogP contribution < -0.4 is 15.6 Å². The second kappa shape index (κ2) is 9.05. The van der Waals surface area contributed by atoms with E-state index in [2.05, 4.69) is 15.3 Å². The Bertz CT molecular complexity index is 1270. The van der Waals surface area contributed by atoms with Gasteiger partial charge in [0.25, 0.3) is 5.56 Å². The molecule has 1 aliphatic rings. The second-order valence-corrected chi connectivity index (χ2v) is 8.10. The van der Waals surface area contributed by atoms with E-state index in [4.69, 9.17) is 9.47 Å². The summed E-state index contributed by atoms with van der Waals surface area (Å²) in [5.74, 6) is 0.767. The number of pyridine rings is 1. The molecule has 2 aromatic heterocycles. The van der Waals surface area contributed by atoms with Gasteiger partial charge in [-0.1, -0.05) is 24.3 Å². The first kappa shape index (κ1) is 22.5. The summed E-state index contributed by atoms with van der Waals surface area (Å²) in [6, 6.07) is 11.2. The maximum atomic E-state index is 13.5. The number of fused-ring (bicyclic) bond motifs is 1. The topological polar surface area (TPSA) is 95.3 Å². The molecule has 0 radical (unpaired) electrons. The summed E-state index contributed by atoms with van der Waals surface area (Å²) >= 11 is 0. The van der Waals surface area contributed by atoms with E-state index in [1.54, 1.807) is 23.8 Å². The quantitative estimate of drug-likeness (QED) is 0.576. The summed E-state index contributed by atoms with van der Waals surface area (Å²) in [4.78, 5) is 34.3. The highest BCUT2D eigenvalue weighted by atomic mass is 16.5. The molecule has 0 saturated heterocycles. The van der Waals surface area contributed by atoms with Crippen LogP contribution in [0.25, 0.3) is 11.3 Å². The fraction of sp³-hybridized carbons (Fsp3) is 0.360. The lowest BCUT2D eigenvalue weighted by Crippen LogP contribution is -2.32. The van der Waals surface area contributed by atoms with Gasteiger partial charge >= 0.3 is 5.97 Å². The highest BCUT2D eigenvalue weighted by Gasteiger charge is 2.35. The molecule has 0 unspecified atom stereocenters. The van der Waals surface area contributed by atoms with Crippen LogP contribution in [0.2, 0.25) is 0 Å². The molecule has 3 aromatic rings. The van der Waals surface area contributed by atoms with Gasteiger partial charge in [0.1, 0.15) is 17.6 Å². The van der Waals surface area contributed by atoms with E-state index in [9.17, 15) is 9.59 Å². The summed E-state index contributed by atoms with van der Waals surface area (Å²) in [6.07, 6.45) is 0.248. The van der Waals surface area contributed by atoms with Crippen molar-refractivity contribution in [1.29, 1.82) is 0 Å². The van der Waals surface area contributed by atoms with Crippen molar-refractivity contribution in [3.63, 3.8) is 0 Å². The summed E-state index contributed by atoms with van der Waals surface area (Å²) in [5.41, 5.74) is 4.31. The number of methoxy groups -OCH3 is 1. The smallest absolute Gasteiger partial charge is 0.302 e. The number of anilines is 1. The van der Waals surface area contributed by atoms with Crippen LogP contribution in [0.3, 0.4) is 0 Å². The van der Waals surface area contributed by atoms with Crippen molar-refractivity contribution in [3.05, 3.63) is 69.3 Å². The fourth-order valence-electron chi connectivity index (χ4n) is 4.45. The monoisotopic (exact) mass is 448 g/mol. The molecule has 0 bridgehead atoms. The van der Waals surface area contributed by atoms with Gasteiger partial charge in [-0.2, -0.15) is 0 Å². The maximum absolute atomic E-state index is 13.5. The Labute approximate surface area is 192 Å². The average molecular weight is 449 g/mol. The molecule has 1 aromatic carbocycles. The predicted octanol–water partition coefficient (Wildman–Crippen LogP) is 3.59. The molecule has 0 aliphatic heterocycles. The van der Waals surface area contributed by atoms with Crippen molar-refractivity contribution in [2.75, 3.05) is 12.4 Å². The Kier molecular flexibility index (Phi) is 6.18. The van der Waals surface area contributed by atoms with Crippen molar-refractivity contribution in [2.45, 2.75) is 52.8 Å². The molecule has 33 heavy (non-hydrogen) atoms. The van der Waals surface area contributed by atoms with E-state index in [1.807, 2.05) is 45.0 Å². The summed E-state index contributed by atoms with van der Waals surface area (Å²) in [7, 11) is 1.55. The normalized spacial score (nSPS) is 16.9. The van der Waals surface area contributed by atoms with Crippen LogP contribution in [0.15, 0.2) is 41.2 Å². The van der Waals surface area contributed by atoms with Gasteiger partial charge in [0.2, 0.25) is 5.88 Å². The summed E-state index contributed by atoms with van der Waals surface area (Å²) in [5, 5.41) is 3.48. The van der Waals surface area contributed by atoms with Gasteiger partial charge in [-0.05, 0) is 38.0 Å². The van der Waals surface area contributed by atoms with Crippen LogP contribution in [0.1, 0.15) is 42.4 Å². The van der Waals surface area contributed by atoms with E-state index >= 15 is 0 Å². The largest absolute Gasteiger partial charge is 0.481 e. The molecule has 2 atom stereocenters. The third-order valence-electron chi connectivity index (χ3n) is 5.97. The number of carbonyl (C=O) groups excluding carboxylic acids is 1. The lowest BCUT2D eigenvalue weighted by atomic mass is 10.1. The number of aromatic nitrogens is 3. The molecule has 8 heteroatoms. The standard InChI is InChI=1S/C25H28N4O4/c1-6-29-24(28-22-19-10-8-7-9-17(19)13-20(22)33-16(4)30)15(3)27-23(25(29)31)18-11-12-21(32-5)26-14(18)2/h7-12,20,22,28H,6,13H2,1-5H3/t20-,22+/m0/s1. The second-order valence-electron chi connectivity index (χ2n) is 8.10. The van der Waals surface area contributed by atoms with E-state index in [-0.39, 0.29) is 23.7 Å². The Morgan fingerprint density at radius 1 is 1.15 bits per heavy atom. The van der Waals surface area contributed by atoms with E-state index in [1.165, 1.54) is 6.92 Å². The van der Waals surface area contributed by atoms with Crippen molar-refractivity contribution in [2.24, 2.45) is 0 Å². The molecule has 2 heterocycles. The number of aryl methyl sites for hydroxylation is 2. The highest BCUT2D eigenvalue weighted by molar-refractivity contribution is 5.67. The molecule has 0 amide bonds. The van der Waals surface area contributed by atoms with Gasteiger partial charge in [0.15, 0.2) is 0 Å². The first-order valence-electron chi connectivity index (χ1n) is 11.0. The molecular formula is C25H28N4O4. The first-order valence-corrected chi connectivity index (χ1v) is 11.0. The highest BCUT2D eigenvalue weighted by Crippen LogP contribution is 2.36. The summed E-state index contributed by atoms with van der Waals surface area (Å²) in [6.45, 7) is 7.48. The third kappa shape index (κ3) is 4.20. The van der Waals surface area contributed by atoms with Crippen LogP contribution >= 0.6 is 0 Å². The van der Waals surface area contributed by atoms with Gasteiger partial charge in [-0.25, -0.2) is 9.97 Å². The first-order chi connectivity index (χ1) is 15.8. The Morgan fingerprint density at radius 3 is 2.58 bits per heavy atom. The van der Waals surface area contributed by atoms with Crippen LogP contribution in [-0.2, 0) is 22.5 Å². The van der Waals surface area contributed by atoms with Crippen LogP contribution in [0.5, 0.6) is 5.88 Å². The number of carbonyl (C=O) groups is 1. The maximum Gasteiger partial charge on any atom is 0.302 e. The minimum absolute atomic E-state index is 0.212. The van der Waals surface area contributed by atoms with Gasteiger partial charge < -0.3 is 14.8 Å².